The minimum atomic E-state index is -5.55. The molecule has 5 rings (SSSR count). The molecule has 0 amide bonds. The molecule has 0 radical (unpaired) electrons. The highest BCUT2D eigenvalue weighted by atomic mass is 32.2. The number of sulfonamides is 1. The van der Waals surface area contributed by atoms with Gasteiger partial charge in [-0.05, 0) is 60.9 Å². The van der Waals surface area contributed by atoms with Gasteiger partial charge in [-0.15, -0.1) is 0 Å². The van der Waals surface area contributed by atoms with E-state index in [1.165, 1.54) is 17.7 Å². The second-order valence-corrected chi connectivity index (χ2v) is 11.2. The van der Waals surface area contributed by atoms with Crippen LogP contribution in [0.15, 0.2) is 41.6 Å². The molecular formula is C25H25F4N5O3S. The zero-order valence-electron chi connectivity index (χ0n) is 20.4. The first kappa shape index (κ1) is 26.1. The summed E-state index contributed by atoms with van der Waals surface area (Å²) in [5.41, 5.74) is -1.74. The number of Topliss-reactive ketones (excluding diaryl/α,β-unsaturated/α-hetero) is 1. The third kappa shape index (κ3) is 4.86. The summed E-state index contributed by atoms with van der Waals surface area (Å²) in [5, 5.41) is 4.78. The van der Waals surface area contributed by atoms with Crippen molar-refractivity contribution in [1.29, 1.82) is 0 Å². The Labute approximate surface area is 216 Å². The second kappa shape index (κ2) is 9.68. The number of pyridine rings is 1. The molecule has 1 fully saturated rings. The van der Waals surface area contributed by atoms with Crippen LogP contribution in [0, 0.1) is 5.82 Å². The molecule has 2 aliphatic rings. The molecule has 1 saturated carbocycles. The van der Waals surface area contributed by atoms with E-state index >= 15 is 0 Å². The third-order valence-electron chi connectivity index (χ3n) is 6.75. The summed E-state index contributed by atoms with van der Waals surface area (Å²) in [6, 6.07) is 8.25. The van der Waals surface area contributed by atoms with Gasteiger partial charge in [0.15, 0.2) is 5.78 Å². The molecule has 1 aliphatic heterocycles. The molecule has 2 aromatic heterocycles. The lowest BCUT2D eigenvalue weighted by atomic mass is 10.0. The van der Waals surface area contributed by atoms with Crippen LogP contribution in [-0.4, -0.2) is 52.8 Å². The van der Waals surface area contributed by atoms with Crippen LogP contribution in [0.5, 0.6) is 0 Å². The van der Waals surface area contributed by atoms with Gasteiger partial charge in [0.25, 0.3) is 0 Å². The molecule has 3 heterocycles. The quantitative estimate of drug-likeness (QED) is 0.301. The van der Waals surface area contributed by atoms with Crippen molar-refractivity contribution in [2.45, 2.75) is 50.5 Å². The summed E-state index contributed by atoms with van der Waals surface area (Å²) >= 11 is 0. The lowest BCUT2D eigenvalue weighted by molar-refractivity contribution is -0.0471. The average Bonchev–Trinajstić information content (AvgIpc) is 3.66. The summed E-state index contributed by atoms with van der Waals surface area (Å²) in [4.78, 5) is 17.8. The first-order valence-corrected chi connectivity index (χ1v) is 13.7. The molecule has 1 aliphatic carbocycles. The fourth-order valence-electron chi connectivity index (χ4n) is 4.53. The number of aromatic nitrogens is 2. The monoisotopic (exact) mass is 551 g/mol. The number of carbonyl (C=O) groups is 1. The Kier molecular flexibility index (Phi) is 6.66. The number of hydrazone groups is 1. The zero-order chi connectivity index (χ0) is 27.2. The highest BCUT2D eigenvalue weighted by Crippen LogP contribution is 2.40. The van der Waals surface area contributed by atoms with Crippen LogP contribution in [0.3, 0.4) is 0 Å². The van der Waals surface area contributed by atoms with Crippen molar-refractivity contribution in [1.82, 2.24) is 13.7 Å². The molecule has 8 nitrogen and oxygen atoms in total. The van der Waals surface area contributed by atoms with Gasteiger partial charge in [-0.3, -0.25) is 14.2 Å². The maximum Gasteiger partial charge on any atom is 0.516 e. The number of ketones is 1. The van der Waals surface area contributed by atoms with Crippen molar-refractivity contribution < 1.29 is 30.8 Å². The fraction of sp³-hybridized carbons (Fsp3) is 0.400. The molecule has 0 atom stereocenters. The highest BCUT2D eigenvalue weighted by molar-refractivity contribution is 7.90. The van der Waals surface area contributed by atoms with Crippen molar-refractivity contribution >= 4 is 33.5 Å². The summed E-state index contributed by atoms with van der Waals surface area (Å²) in [6.45, 7) is 1.13. The topological polar surface area (TPSA) is 87.4 Å². The standard InChI is InChI=1S/C25H25F4N5O3S/c1-2-20-24(33-14-18(17-5-6-17)7-10-23(33)31-20)22(35)9-4-16-3-8-21(19(26)13-16)34-12-11-32(15-30-34)38(36,37)25(27,28)29/h3,7-8,10,13-15,17H,2,4-6,9,11-12H2,1H3. The SMILES string of the molecule is CCc1nc2ccc(C3CC3)cn2c1C(=O)CCc1ccc(N2CCN(S(=O)(=O)C(F)(F)F)C=N2)c(F)c1. The number of nitrogens with zero attached hydrogens (tertiary/aromatic N) is 5. The Hall–Kier alpha value is -3.48. The first-order valence-electron chi connectivity index (χ1n) is 12.2. The Balaban J connectivity index is 1.29. The van der Waals surface area contributed by atoms with Gasteiger partial charge in [-0.2, -0.15) is 26.7 Å². The largest absolute Gasteiger partial charge is 0.516 e. The molecule has 0 spiro atoms. The van der Waals surface area contributed by atoms with E-state index < -0.39 is 27.9 Å². The number of fused-ring (bicyclic) bond motifs is 1. The van der Waals surface area contributed by atoms with Crippen molar-refractivity contribution in [3.05, 3.63) is 64.9 Å². The van der Waals surface area contributed by atoms with Gasteiger partial charge in [0.2, 0.25) is 0 Å². The minimum absolute atomic E-state index is 0.0111. The van der Waals surface area contributed by atoms with Gasteiger partial charge >= 0.3 is 15.5 Å². The summed E-state index contributed by atoms with van der Waals surface area (Å²) in [5.74, 6) is -0.256. The van der Waals surface area contributed by atoms with Crippen LogP contribution < -0.4 is 5.01 Å². The number of carbonyl (C=O) groups excluding carboxylic acids is 1. The lowest BCUT2D eigenvalue weighted by Gasteiger charge is -2.29. The van der Waals surface area contributed by atoms with Crippen molar-refractivity contribution in [3.63, 3.8) is 0 Å². The lowest BCUT2D eigenvalue weighted by Crippen LogP contribution is -2.46. The Bertz CT molecular complexity index is 1530. The molecule has 13 heteroatoms. The van der Waals surface area contributed by atoms with E-state index in [4.69, 9.17) is 0 Å². The average molecular weight is 552 g/mol. The van der Waals surface area contributed by atoms with E-state index in [9.17, 15) is 30.8 Å². The van der Waals surface area contributed by atoms with E-state index in [2.05, 4.69) is 16.2 Å². The van der Waals surface area contributed by atoms with Gasteiger partial charge in [0.05, 0.1) is 24.5 Å². The predicted octanol–water partition coefficient (Wildman–Crippen LogP) is 4.64. The van der Waals surface area contributed by atoms with E-state index in [1.54, 1.807) is 6.07 Å². The summed E-state index contributed by atoms with van der Waals surface area (Å²) in [7, 11) is -5.55. The predicted molar refractivity (Wildman–Crippen MR) is 133 cm³/mol. The smallest absolute Gasteiger partial charge is 0.297 e. The molecule has 0 bridgehead atoms. The van der Waals surface area contributed by atoms with E-state index in [0.29, 0.717) is 41.3 Å². The minimum Gasteiger partial charge on any atom is -0.297 e. The van der Waals surface area contributed by atoms with Crippen LogP contribution in [0.4, 0.5) is 23.2 Å². The molecule has 202 valence electrons. The number of rotatable bonds is 8. The van der Waals surface area contributed by atoms with Crippen LogP contribution in [0.1, 0.15) is 59.4 Å². The molecule has 3 aromatic rings. The Morgan fingerprint density at radius 1 is 1.13 bits per heavy atom. The van der Waals surface area contributed by atoms with Gasteiger partial charge in [-0.25, -0.2) is 13.7 Å². The van der Waals surface area contributed by atoms with E-state index in [-0.39, 0.29) is 35.2 Å². The zero-order valence-corrected chi connectivity index (χ0v) is 21.3. The normalized spacial score (nSPS) is 16.4. The van der Waals surface area contributed by atoms with E-state index in [0.717, 1.165) is 17.9 Å². The Morgan fingerprint density at radius 2 is 1.89 bits per heavy atom. The molecule has 0 unspecified atom stereocenters. The van der Waals surface area contributed by atoms with E-state index in [1.807, 2.05) is 23.6 Å². The maximum atomic E-state index is 14.9. The van der Waals surface area contributed by atoms with Gasteiger partial charge < -0.3 is 0 Å². The number of imidazole rings is 1. The third-order valence-corrected chi connectivity index (χ3v) is 8.22. The number of benzene rings is 1. The van der Waals surface area contributed by atoms with Gasteiger partial charge in [0.1, 0.15) is 23.5 Å². The van der Waals surface area contributed by atoms with Crippen molar-refractivity contribution in [2.75, 3.05) is 18.1 Å². The number of aryl methyl sites for hydroxylation is 2. The van der Waals surface area contributed by atoms with Crippen LogP contribution >= 0.6 is 0 Å². The van der Waals surface area contributed by atoms with Gasteiger partial charge in [0, 0.05) is 12.6 Å². The number of hydrogen-bond acceptors (Lipinski definition) is 6. The maximum absolute atomic E-state index is 14.9. The molecule has 0 saturated heterocycles. The van der Waals surface area contributed by atoms with Crippen LogP contribution in [-0.2, 0) is 22.9 Å². The number of hydrogen-bond donors (Lipinski definition) is 0. The fourth-order valence-corrected chi connectivity index (χ4v) is 5.28. The number of halogens is 4. The Morgan fingerprint density at radius 3 is 2.50 bits per heavy atom. The first-order chi connectivity index (χ1) is 18.0. The molecule has 0 N–H and O–H groups in total. The van der Waals surface area contributed by atoms with Gasteiger partial charge in [-0.1, -0.05) is 19.1 Å². The second-order valence-electron chi connectivity index (χ2n) is 9.35. The summed E-state index contributed by atoms with van der Waals surface area (Å²) < 4.78 is 78.1. The van der Waals surface area contributed by atoms with Crippen LogP contribution in [0.25, 0.3) is 5.65 Å². The number of anilines is 1. The van der Waals surface area contributed by atoms with Crippen molar-refractivity contribution in [3.8, 4) is 0 Å². The van der Waals surface area contributed by atoms with Crippen LogP contribution in [0.2, 0.25) is 0 Å². The highest BCUT2D eigenvalue weighted by Gasteiger charge is 2.50. The number of alkyl halides is 3. The molecule has 1 aromatic carbocycles. The summed E-state index contributed by atoms with van der Waals surface area (Å²) in [6.07, 6.45) is 5.80. The molecule has 38 heavy (non-hydrogen) atoms. The molecular weight excluding hydrogens is 526 g/mol. The van der Waals surface area contributed by atoms with Crippen molar-refractivity contribution in [2.24, 2.45) is 5.10 Å².